The van der Waals surface area contributed by atoms with Gasteiger partial charge in [-0.05, 0) is 34.9 Å². The maximum Gasteiger partial charge on any atom is 0.267 e. The van der Waals surface area contributed by atoms with Crippen molar-refractivity contribution in [2.24, 2.45) is 0 Å². The predicted octanol–water partition coefficient (Wildman–Crippen LogP) is 3.75. The monoisotopic (exact) mass is 393 g/mol. The fourth-order valence-electron chi connectivity index (χ4n) is 3.20. The van der Waals surface area contributed by atoms with Crippen molar-refractivity contribution in [3.63, 3.8) is 0 Å². The van der Waals surface area contributed by atoms with Crippen LogP contribution < -0.4 is 4.74 Å². The molecule has 0 saturated carbocycles. The zero-order chi connectivity index (χ0) is 19.6. The van der Waals surface area contributed by atoms with Gasteiger partial charge in [-0.25, -0.2) is 12.7 Å². The molecule has 0 bridgehead atoms. The van der Waals surface area contributed by atoms with Crippen LogP contribution in [0, 0.1) is 0 Å². The first-order chi connectivity index (χ1) is 13.5. The molecular weight excluding hydrogens is 374 g/mol. The Morgan fingerprint density at radius 3 is 2.39 bits per heavy atom. The first-order valence-electron chi connectivity index (χ1n) is 8.91. The number of amides is 1. The summed E-state index contributed by atoms with van der Waals surface area (Å²) in [5, 5.41) is 0. The maximum absolute atomic E-state index is 12.7. The Morgan fingerprint density at radius 2 is 1.57 bits per heavy atom. The van der Waals surface area contributed by atoms with E-state index in [0.717, 1.165) is 9.87 Å². The highest BCUT2D eigenvalue weighted by Gasteiger charge is 2.35. The molecule has 1 amide bonds. The van der Waals surface area contributed by atoms with Crippen LogP contribution in [0.1, 0.15) is 27.0 Å². The number of sulfonamides is 1. The summed E-state index contributed by atoms with van der Waals surface area (Å²) in [6, 6.07) is 23.8. The van der Waals surface area contributed by atoms with Crippen molar-refractivity contribution in [3.8, 4) is 5.75 Å². The summed E-state index contributed by atoms with van der Waals surface area (Å²) in [5.41, 5.74) is 2.72. The summed E-state index contributed by atoms with van der Waals surface area (Å²) in [6.45, 7) is 0.399. The Bertz CT molecular complexity index is 1110. The molecule has 4 rings (SSSR count). The van der Waals surface area contributed by atoms with Gasteiger partial charge in [-0.2, -0.15) is 0 Å². The molecule has 28 heavy (non-hydrogen) atoms. The van der Waals surface area contributed by atoms with Crippen LogP contribution in [0.2, 0.25) is 0 Å². The summed E-state index contributed by atoms with van der Waals surface area (Å²) < 4.78 is 32.0. The molecule has 1 aliphatic heterocycles. The molecule has 0 aromatic heterocycles. The van der Waals surface area contributed by atoms with Gasteiger partial charge in [0.2, 0.25) is 10.0 Å². The molecule has 1 aliphatic rings. The van der Waals surface area contributed by atoms with E-state index in [4.69, 9.17) is 4.74 Å². The molecule has 1 heterocycles. The Balaban J connectivity index is 1.53. The molecule has 0 atom stereocenters. The second-order valence-corrected chi connectivity index (χ2v) is 8.54. The van der Waals surface area contributed by atoms with Crippen molar-refractivity contribution in [3.05, 3.63) is 101 Å². The standard InChI is InChI=1S/C22H19NO4S/c24-22-21-12-5-4-10-19(21)16-28(25,26)23(22)14-18-9-6-11-20(13-18)27-15-17-7-2-1-3-8-17/h1-13H,14-16H2. The molecule has 6 heteroatoms. The molecule has 5 nitrogen and oxygen atoms in total. The van der Waals surface area contributed by atoms with E-state index in [9.17, 15) is 13.2 Å². The maximum atomic E-state index is 12.7. The Kier molecular flexibility index (Phi) is 4.88. The van der Waals surface area contributed by atoms with Crippen LogP contribution in [0.4, 0.5) is 0 Å². The van der Waals surface area contributed by atoms with Crippen molar-refractivity contribution in [2.45, 2.75) is 18.9 Å². The normalized spacial score (nSPS) is 15.1. The van der Waals surface area contributed by atoms with Crippen LogP contribution in [0.5, 0.6) is 5.75 Å². The van der Waals surface area contributed by atoms with Gasteiger partial charge in [0.15, 0.2) is 0 Å². The zero-order valence-corrected chi connectivity index (χ0v) is 15.9. The lowest BCUT2D eigenvalue weighted by atomic mass is 10.1. The molecule has 3 aromatic rings. The van der Waals surface area contributed by atoms with Gasteiger partial charge < -0.3 is 4.74 Å². The quantitative estimate of drug-likeness (QED) is 0.662. The molecule has 3 aromatic carbocycles. The van der Waals surface area contributed by atoms with Crippen LogP contribution in [-0.4, -0.2) is 18.6 Å². The highest BCUT2D eigenvalue weighted by molar-refractivity contribution is 7.89. The molecular formula is C22H19NO4S. The second kappa shape index (κ2) is 7.48. The number of benzene rings is 3. The van der Waals surface area contributed by atoms with E-state index in [1.165, 1.54) is 0 Å². The second-order valence-electron chi connectivity index (χ2n) is 6.65. The van der Waals surface area contributed by atoms with Gasteiger partial charge in [0.05, 0.1) is 12.3 Å². The van der Waals surface area contributed by atoms with E-state index in [-0.39, 0.29) is 12.3 Å². The van der Waals surface area contributed by atoms with Crippen LogP contribution in [0.15, 0.2) is 78.9 Å². The lowest BCUT2D eigenvalue weighted by molar-refractivity contribution is 0.0849. The van der Waals surface area contributed by atoms with E-state index in [2.05, 4.69) is 0 Å². The predicted molar refractivity (Wildman–Crippen MR) is 106 cm³/mol. The van der Waals surface area contributed by atoms with Crippen LogP contribution in [0.25, 0.3) is 0 Å². The largest absolute Gasteiger partial charge is 0.489 e. The molecule has 0 spiro atoms. The third-order valence-electron chi connectivity index (χ3n) is 4.62. The molecule has 0 N–H and O–H groups in total. The highest BCUT2D eigenvalue weighted by Crippen LogP contribution is 2.27. The van der Waals surface area contributed by atoms with Crippen molar-refractivity contribution in [1.29, 1.82) is 0 Å². The van der Waals surface area contributed by atoms with Gasteiger partial charge in [-0.1, -0.05) is 60.7 Å². The van der Waals surface area contributed by atoms with Gasteiger partial charge in [0.1, 0.15) is 12.4 Å². The minimum absolute atomic E-state index is 0.0158. The summed E-state index contributed by atoms with van der Waals surface area (Å²) >= 11 is 0. The number of rotatable bonds is 5. The first-order valence-corrected chi connectivity index (χ1v) is 10.5. The zero-order valence-electron chi connectivity index (χ0n) is 15.1. The number of ether oxygens (including phenoxy) is 1. The van der Waals surface area contributed by atoms with E-state index >= 15 is 0 Å². The molecule has 0 saturated heterocycles. The van der Waals surface area contributed by atoms with E-state index < -0.39 is 15.9 Å². The first kappa shape index (κ1) is 18.3. The van der Waals surface area contributed by atoms with Crippen molar-refractivity contribution in [2.75, 3.05) is 0 Å². The van der Waals surface area contributed by atoms with Crippen LogP contribution in [-0.2, 0) is 28.9 Å². The van der Waals surface area contributed by atoms with Crippen molar-refractivity contribution >= 4 is 15.9 Å². The SMILES string of the molecule is O=C1c2ccccc2CS(=O)(=O)N1Cc1cccc(OCc2ccccc2)c1. The minimum atomic E-state index is -3.71. The van der Waals surface area contributed by atoms with Gasteiger partial charge in [-0.3, -0.25) is 4.79 Å². The number of fused-ring (bicyclic) bond motifs is 1. The number of carbonyl (C=O) groups is 1. The van der Waals surface area contributed by atoms with Crippen molar-refractivity contribution < 1.29 is 17.9 Å². The number of hydrogen-bond donors (Lipinski definition) is 0. The fourth-order valence-corrected chi connectivity index (χ4v) is 4.70. The Labute approximate surface area is 164 Å². The van der Waals surface area contributed by atoms with E-state index in [1.54, 1.807) is 42.5 Å². The van der Waals surface area contributed by atoms with Crippen LogP contribution in [0.3, 0.4) is 0 Å². The van der Waals surface area contributed by atoms with Crippen LogP contribution >= 0.6 is 0 Å². The molecule has 0 radical (unpaired) electrons. The van der Waals surface area contributed by atoms with E-state index in [0.29, 0.717) is 29.0 Å². The average Bonchev–Trinajstić information content (AvgIpc) is 2.70. The number of carbonyl (C=O) groups excluding carboxylic acids is 1. The Morgan fingerprint density at radius 1 is 0.857 bits per heavy atom. The molecule has 0 fully saturated rings. The van der Waals surface area contributed by atoms with E-state index in [1.807, 2.05) is 36.4 Å². The smallest absolute Gasteiger partial charge is 0.267 e. The third-order valence-corrected chi connectivity index (χ3v) is 6.26. The lowest BCUT2D eigenvalue weighted by Gasteiger charge is -2.28. The average molecular weight is 393 g/mol. The Hall–Kier alpha value is -3.12. The minimum Gasteiger partial charge on any atom is -0.489 e. The summed E-state index contributed by atoms with van der Waals surface area (Å²) in [5.74, 6) is -0.0277. The lowest BCUT2D eigenvalue weighted by Crippen LogP contribution is -2.41. The number of hydrogen-bond acceptors (Lipinski definition) is 4. The van der Waals surface area contributed by atoms with Crippen molar-refractivity contribution in [1.82, 2.24) is 4.31 Å². The van der Waals surface area contributed by atoms with Gasteiger partial charge in [0.25, 0.3) is 5.91 Å². The summed E-state index contributed by atoms with van der Waals surface area (Å²) in [6.07, 6.45) is 0. The number of nitrogens with zero attached hydrogens (tertiary/aromatic N) is 1. The molecule has 142 valence electrons. The highest BCUT2D eigenvalue weighted by atomic mass is 32.2. The van der Waals surface area contributed by atoms with Gasteiger partial charge in [0, 0.05) is 5.56 Å². The molecule has 0 unspecified atom stereocenters. The van der Waals surface area contributed by atoms with Gasteiger partial charge in [-0.15, -0.1) is 0 Å². The topological polar surface area (TPSA) is 63.7 Å². The van der Waals surface area contributed by atoms with Gasteiger partial charge >= 0.3 is 0 Å². The fraction of sp³-hybridized carbons (Fsp3) is 0.136. The molecule has 0 aliphatic carbocycles. The summed E-state index contributed by atoms with van der Waals surface area (Å²) in [7, 11) is -3.71. The third kappa shape index (κ3) is 3.77. The summed E-state index contributed by atoms with van der Waals surface area (Å²) in [4.78, 5) is 12.7.